The predicted molar refractivity (Wildman–Crippen MR) is 212 cm³/mol. The summed E-state index contributed by atoms with van der Waals surface area (Å²) < 4.78 is 4.95. The van der Waals surface area contributed by atoms with Crippen LogP contribution in [0.1, 0.15) is 18.4 Å². The van der Waals surface area contributed by atoms with E-state index in [4.69, 9.17) is 0 Å². The minimum absolute atomic E-state index is 1.08. The molecule has 1 aliphatic rings. The van der Waals surface area contributed by atoms with Crippen molar-refractivity contribution < 1.29 is 0 Å². The molecule has 10 rings (SSSR count). The van der Waals surface area contributed by atoms with Crippen LogP contribution in [0.15, 0.2) is 182 Å². The number of para-hydroxylation sites is 4. The van der Waals surface area contributed by atoms with Gasteiger partial charge in [0.15, 0.2) is 0 Å². The van der Waals surface area contributed by atoms with Gasteiger partial charge in [-0.1, -0.05) is 146 Å². The van der Waals surface area contributed by atoms with Gasteiger partial charge in [0, 0.05) is 32.7 Å². The average Bonchev–Trinajstić information content (AvgIpc) is 3.72. The topological polar surface area (TPSA) is 9.86 Å². The van der Waals surface area contributed by atoms with Gasteiger partial charge < -0.3 is 9.13 Å². The SMILES string of the molecule is C1=CC(c2cccc3c2c2ccccc2n3-c2ccccc2-c2ccccc2-n2c3ccccc3c3c(-c4ccccc4)cccc32)=CCC1. The maximum Gasteiger partial charge on any atom is 0.0547 e. The largest absolute Gasteiger partial charge is 0.309 e. The van der Waals surface area contributed by atoms with Crippen molar-refractivity contribution in [3.63, 3.8) is 0 Å². The van der Waals surface area contributed by atoms with E-state index in [2.05, 4.69) is 191 Å². The molecule has 0 fully saturated rings. The molecule has 1 aliphatic carbocycles. The van der Waals surface area contributed by atoms with Crippen LogP contribution in [-0.2, 0) is 0 Å². The van der Waals surface area contributed by atoms with Crippen LogP contribution in [0.2, 0.25) is 0 Å². The molecular formula is C48H34N2. The van der Waals surface area contributed by atoms with Crippen LogP contribution in [0.5, 0.6) is 0 Å². The van der Waals surface area contributed by atoms with E-state index in [-0.39, 0.29) is 0 Å². The molecule has 0 unspecified atom stereocenters. The summed E-state index contributed by atoms with van der Waals surface area (Å²) in [5, 5.41) is 5.11. The lowest BCUT2D eigenvalue weighted by Crippen LogP contribution is -2.01. The number of benzene rings is 7. The second kappa shape index (κ2) is 11.6. The van der Waals surface area contributed by atoms with E-state index < -0.39 is 0 Å². The van der Waals surface area contributed by atoms with Gasteiger partial charge in [0.2, 0.25) is 0 Å². The maximum absolute atomic E-state index is 2.48. The Hall–Kier alpha value is -6.38. The molecule has 9 aromatic rings. The molecule has 0 N–H and O–H groups in total. The quantitative estimate of drug-likeness (QED) is 0.178. The Morgan fingerprint density at radius 3 is 1.44 bits per heavy atom. The Balaban J connectivity index is 1.25. The first-order valence-electron chi connectivity index (χ1n) is 17.5. The third-order valence-electron chi connectivity index (χ3n) is 10.4. The number of aromatic nitrogens is 2. The highest BCUT2D eigenvalue weighted by Crippen LogP contribution is 2.43. The minimum atomic E-state index is 1.08. The smallest absolute Gasteiger partial charge is 0.0547 e. The summed E-state index contributed by atoms with van der Waals surface area (Å²) >= 11 is 0. The number of hydrogen-bond donors (Lipinski definition) is 0. The Bertz CT molecular complexity index is 2810. The van der Waals surface area contributed by atoms with E-state index in [1.165, 1.54) is 82.7 Å². The standard InChI is InChI=1S/C48H34N2/c1-3-17-33(18-4-1)35-25-15-31-45-47(35)39-23-9-13-29-43(39)49(45)41-27-11-7-21-37(41)38-22-8-12-28-42(38)50-44-30-14-10-24-40(44)48-36(26-16-32-46(48)50)34-19-5-2-6-20-34/h1,3-5,7-32H,2,6H2. The second-order valence-corrected chi connectivity index (χ2v) is 13.1. The fourth-order valence-electron chi connectivity index (χ4n) is 8.26. The summed E-state index contributed by atoms with van der Waals surface area (Å²) in [6, 6.07) is 59.8. The number of nitrogens with zero attached hydrogens (tertiary/aromatic N) is 2. The number of allylic oxidation sites excluding steroid dienone is 4. The van der Waals surface area contributed by atoms with Crippen LogP contribution >= 0.6 is 0 Å². The van der Waals surface area contributed by atoms with Gasteiger partial charge in [0.1, 0.15) is 0 Å². The Labute approximate surface area is 291 Å². The molecule has 0 saturated carbocycles. The van der Waals surface area contributed by atoms with Gasteiger partial charge in [-0.05, 0) is 71.5 Å². The summed E-state index contributed by atoms with van der Waals surface area (Å²) in [6.45, 7) is 0. The third kappa shape index (κ3) is 4.35. The molecule has 0 atom stereocenters. The van der Waals surface area contributed by atoms with Crippen LogP contribution in [0.25, 0.3) is 82.8 Å². The first kappa shape index (κ1) is 28.6. The lowest BCUT2D eigenvalue weighted by molar-refractivity contribution is 1.04. The second-order valence-electron chi connectivity index (χ2n) is 13.1. The van der Waals surface area contributed by atoms with Gasteiger partial charge in [-0.3, -0.25) is 0 Å². The molecule has 0 bridgehead atoms. The molecule has 0 saturated heterocycles. The van der Waals surface area contributed by atoms with Crippen LogP contribution in [-0.4, -0.2) is 9.13 Å². The maximum atomic E-state index is 2.48. The van der Waals surface area contributed by atoms with E-state index in [9.17, 15) is 0 Å². The van der Waals surface area contributed by atoms with E-state index in [1.807, 2.05) is 0 Å². The summed E-state index contributed by atoms with van der Waals surface area (Å²) in [4.78, 5) is 0. The molecular weight excluding hydrogens is 605 g/mol. The van der Waals surface area contributed by atoms with Crippen LogP contribution in [0.4, 0.5) is 0 Å². The molecule has 2 aromatic heterocycles. The predicted octanol–water partition coefficient (Wildman–Crippen LogP) is 12.9. The van der Waals surface area contributed by atoms with Crippen molar-refractivity contribution in [2.45, 2.75) is 12.8 Å². The van der Waals surface area contributed by atoms with E-state index >= 15 is 0 Å². The summed E-state index contributed by atoms with van der Waals surface area (Å²) in [6.07, 6.45) is 9.17. The third-order valence-corrected chi connectivity index (χ3v) is 10.4. The van der Waals surface area contributed by atoms with Crippen molar-refractivity contribution in [2.24, 2.45) is 0 Å². The fraction of sp³-hybridized carbons (Fsp3) is 0.0417. The molecule has 7 aromatic carbocycles. The van der Waals surface area contributed by atoms with Crippen molar-refractivity contribution in [3.05, 3.63) is 188 Å². The normalized spacial score (nSPS) is 13.1. The molecule has 2 nitrogen and oxygen atoms in total. The Kier molecular flexibility index (Phi) is 6.67. The Morgan fingerprint density at radius 2 is 0.840 bits per heavy atom. The van der Waals surface area contributed by atoms with E-state index in [0.29, 0.717) is 0 Å². The average molecular weight is 639 g/mol. The number of rotatable bonds is 5. The van der Waals surface area contributed by atoms with Gasteiger partial charge in [0.05, 0.1) is 33.4 Å². The van der Waals surface area contributed by atoms with E-state index in [1.54, 1.807) is 0 Å². The van der Waals surface area contributed by atoms with Crippen molar-refractivity contribution in [2.75, 3.05) is 0 Å². The van der Waals surface area contributed by atoms with Crippen molar-refractivity contribution in [1.29, 1.82) is 0 Å². The first-order chi connectivity index (χ1) is 24.9. The van der Waals surface area contributed by atoms with Crippen molar-refractivity contribution in [3.8, 4) is 33.6 Å². The van der Waals surface area contributed by atoms with Crippen LogP contribution in [0.3, 0.4) is 0 Å². The molecule has 0 spiro atoms. The highest BCUT2D eigenvalue weighted by atomic mass is 15.0. The lowest BCUT2D eigenvalue weighted by Gasteiger charge is -2.18. The van der Waals surface area contributed by atoms with Gasteiger partial charge in [-0.2, -0.15) is 0 Å². The molecule has 0 aliphatic heterocycles. The molecule has 2 heteroatoms. The van der Waals surface area contributed by atoms with Crippen molar-refractivity contribution in [1.82, 2.24) is 9.13 Å². The molecule has 50 heavy (non-hydrogen) atoms. The Morgan fingerprint density at radius 1 is 0.360 bits per heavy atom. The summed E-state index contributed by atoms with van der Waals surface area (Å²) in [5.74, 6) is 0. The highest BCUT2D eigenvalue weighted by molar-refractivity contribution is 6.17. The van der Waals surface area contributed by atoms with Crippen molar-refractivity contribution >= 4 is 49.2 Å². The lowest BCUT2D eigenvalue weighted by atomic mass is 9.95. The van der Waals surface area contributed by atoms with Gasteiger partial charge in [-0.15, -0.1) is 0 Å². The van der Waals surface area contributed by atoms with Gasteiger partial charge >= 0.3 is 0 Å². The highest BCUT2D eigenvalue weighted by Gasteiger charge is 2.22. The number of fused-ring (bicyclic) bond motifs is 6. The zero-order valence-electron chi connectivity index (χ0n) is 27.6. The van der Waals surface area contributed by atoms with Gasteiger partial charge in [0.25, 0.3) is 0 Å². The minimum Gasteiger partial charge on any atom is -0.309 e. The molecule has 236 valence electrons. The summed E-state index contributed by atoms with van der Waals surface area (Å²) in [5.41, 5.74) is 14.6. The number of hydrogen-bond acceptors (Lipinski definition) is 0. The monoisotopic (exact) mass is 638 g/mol. The first-order valence-corrected chi connectivity index (χ1v) is 17.5. The fourth-order valence-corrected chi connectivity index (χ4v) is 8.26. The van der Waals surface area contributed by atoms with E-state index in [0.717, 1.165) is 18.5 Å². The zero-order chi connectivity index (χ0) is 33.0. The molecule has 0 radical (unpaired) electrons. The van der Waals surface area contributed by atoms with Crippen LogP contribution in [0, 0.1) is 0 Å². The molecule has 2 heterocycles. The summed E-state index contributed by atoms with van der Waals surface area (Å²) in [7, 11) is 0. The van der Waals surface area contributed by atoms with Gasteiger partial charge in [-0.25, -0.2) is 0 Å². The van der Waals surface area contributed by atoms with Crippen LogP contribution < -0.4 is 0 Å². The molecule has 0 amide bonds. The zero-order valence-corrected chi connectivity index (χ0v) is 27.6.